The fraction of sp³-hybridized carbons (Fsp3) is 0.455. The van der Waals surface area contributed by atoms with Crippen LogP contribution in [0.4, 0.5) is 4.39 Å². The Hall–Kier alpha value is -0.980. The molecule has 6 heteroatoms. The van der Waals surface area contributed by atoms with Crippen LogP contribution in [0.5, 0.6) is 0 Å². The van der Waals surface area contributed by atoms with Gasteiger partial charge in [0.05, 0.1) is 12.7 Å². The molecule has 0 aromatic heterocycles. The molecule has 0 spiro atoms. The Morgan fingerprint density at radius 2 is 2.24 bits per heavy atom. The van der Waals surface area contributed by atoms with Crippen LogP contribution in [0.15, 0.2) is 23.1 Å². The Kier molecular flexibility index (Phi) is 3.46. The van der Waals surface area contributed by atoms with Crippen molar-refractivity contribution >= 4 is 9.84 Å². The minimum atomic E-state index is -3.51. The zero-order chi connectivity index (χ0) is 12.5. The average molecular weight is 259 g/mol. The summed E-state index contributed by atoms with van der Waals surface area (Å²) in [5.41, 5.74) is 0.655. The van der Waals surface area contributed by atoms with E-state index >= 15 is 0 Å². The first-order valence-corrected chi connectivity index (χ1v) is 7.19. The number of halogens is 1. The third-order valence-electron chi connectivity index (χ3n) is 2.65. The van der Waals surface area contributed by atoms with Crippen molar-refractivity contribution in [3.8, 4) is 0 Å². The fourth-order valence-electron chi connectivity index (χ4n) is 1.80. The summed E-state index contributed by atoms with van der Waals surface area (Å²) in [6, 6.07) is 4.11. The molecule has 2 rings (SSSR count). The second-order valence-corrected chi connectivity index (χ2v) is 6.01. The van der Waals surface area contributed by atoms with Gasteiger partial charge in [-0.15, -0.1) is 0 Å². The van der Waals surface area contributed by atoms with Crippen molar-refractivity contribution in [2.45, 2.75) is 11.0 Å². The summed E-state index contributed by atoms with van der Waals surface area (Å²) >= 11 is 0. The van der Waals surface area contributed by atoms with Gasteiger partial charge < -0.3 is 10.1 Å². The van der Waals surface area contributed by atoms with Crippen molar-refractivity contribution in [2.75, 3.05) is 26.0 Å². The zero-order valence-electron chi connectivity index (χ0n) is 9.44. The molecule has 17 heavy (non-hydrogen) atoms. The van der Waals surface area contributed by atoms with Gasteiger partial charge in [-0.1, -0.05) is 6.07 Å². The smallest absolute Gasteiger partial charge is 0.178 e. The van der Waals surface area contributed by atoms with Crippen molar-refractivity contribution in [1.82, 2.24) is 5.32 Å². The van der Waals surface area contributed by atoms with E-state index in [0.717, 1.165) is 12.8 Å². The van der Waals surface area contributed by atoms with Crippen molar-refractivity contribution in [3.05, 3.63) is 29.6 Å². The van der Waals surface area contributed by atoms with E-state index in [9.17, 15) is 12.8 Å². The highest BCUT2D eigenvalue weighted by molar-refractivity contribution is 7.90. The van der Waals surface area contributed by atoms with Gasteiger partial charge in [-0.05, 0) is 17.7 Å². The SMILES string of the molecule is CS(=O)(=O)c1ccc(C2CNCCO2)cc1F. The number of ether oxygens (including phenoxy) is 1. The lowest BCUT2D eigenvalue weighted by atomic mass is 10.1. The molecule has 1 aliphatic heterocycles. The monoisotopic (exact) mass is 259 g/mol. The molecule has 0 amide bonds. The van der Waals surface area contributed by atoms with Crippen LogP contribution >= 0.6 is 0 Å². The van der Waals surface area contributed by atoms with Gasteiger partial charge in [-0.3, -0.25) is 0 Å². The van der Waals surface area contributed by atoms with Crippen LogP contribution in [0, 0.1) is 5.82 Å². The number of hydrogen-bond acceptors (Lipinski definition) is 4. The number of nitrogens with one attached hydrogen (secondary N) is 1. The molecule has 0 saturated carbocycles. The van der Waals surface area contributed by atoms with E-state index in [4.69, 9.17) is 4.74 Å². The minimum absolute atomic E-state index is 0.216. The minimum Gasteiger partial charge on any atom is -0.371 e. The predicted octanol–water partition coefficient (Wildman–Crippen LogP) is 0.890. The van der Waals surface area contributed by atoms with Crippen LogP contribution in [-0.2, 0) is 14.6 Å². The number of sulfone groups is 1. The third kappa shape index (κ3) is 2.83. The molecule has 1 saturated heterocycles. The summed E-state index contributed by atoms with van der Waals surface area (Å²) in [6.45, 7) is 1.96. The van der Waals surface area contributed by atoms with E-state index in [-0.39, 0.29) is 11.0 Å². The maximum Gasteiger partial charge on any atom is 0.178 e. The van der Waals surface area contributed by atoms with E-state index in [1.54, 1.807) is 6.07 Å². The van der Waals surface area contributed by atoms with E-state index < -0.39 is 15.7 Å². The molecule has 1 heterocycles. The van der Waals surface area contributed by atoms with Gasteiger partial charge in [0, 0.05) is 19.3 Å². The lowest BCUT2D eigenvalue weighted by molar-refractivity contribution is 0.0275. The molecule has 1 unspecified atom stereocenters. The molecule has 4 nitrogen and oxygen atoms in total. The first kappa shape index (κ1) is 12.5. The Labute approximate surface area is 99.7 Å². The van der Waals surface area contributed by atoms with E-state index in [1.807, 2.05) is 0 Å². The van der Waals surface area contributed by atoms with Gasteiger partial charge in [0.15, 0.2) is 9.84 Å². The summed E-state index contributed by atoms with van der Waals surface area (Å²) in [5.74, 6) is -0.723. The maximum absolute atomic E-state index is 13.6. The second kappa shape index (κ2) is 4.72. The van der Waals surface area contributed by atoms with Crippen LogP contribution in [0.2, 0.25) is 0 Å². The van der Waals surface area contributed by atoms with Crippen molar-refractivity contribution in [2.24, 2.45) is 0 Å². The molecular weight excluding hydrogens is 245 g/mol. The molecule has 94 valence electrons. The topological polar surface area (TPSA) is 55.4 Å². The van der Waals surface area contributed by atoms with E-state index in [2.05, 4.69) is 5.32 Å². The average Bonchev–Trinajstić information content (AvgIpc) is 2.28. The molecular formula is C11H14FNO3S. The molecule has 1 aromatic rings. The molecule has 1 N–H and O–H groups in total. The lowest BCUT2D eigenvalue weighted by Crippen LogP contribution is -2.33. The second-order valence-electron chi connectivity index (χ2n) is 4.03. The quantitative estimate of drug-likeness (QED) is 0.857. The van der Waals surface area contributed by atoms with Gasteiger partial charge in [-0.2, -0.15) is 0 Å². The summed E-state index contributed by atoms with van der Waals surface area (Å²) < 4.78 is 41.6. The summed E-state index contributed by atoms with van der Waals surface area (Å²) in [6.07, 6.45) is 0.774. The number of benzene rings is 1. The van der Waals surface area contributed by atoms with Crippen molar-refractivity contribution in [1.29, 1.82) is 0 Å². The van der Waals surface area contributed by atoms with Crippen LogP contribution in [0.1, 0.15) is 11.7 Å². The highest BCUT2D eigenvalue weighted by Crippen LogP contribution is 2.23. The summed E-state index contributed by atoms with van der Waals surface area (Å²) in [7, 11) is -3.51. The lowest BCUT2D eigenvalue weighted by Gasteiger charge is -2.24. The van der Waals surface area contributed by atoms with Gasteiger partial charge >= 0.3 is 0 Å². The Bertz CT molecular complexity index is 509. The molecule has 1 aliphatic rings. The normalized spacial score (nSPS) is 21.4. The number of rotatable bonds is 2. The van der Waals surface area contributed by atoms with Gasteiger partial charge in [0.1, 0.15) is 10.7 Å². The molecule has 1 aromatic carbocycles. The summed E-state index contributed by atoms with van der Waals surface area (Å²) in [5, 5.41) is 3.13. The molecule has 1 fully saturated rings. The van der Waals surface area contributed by atoms with Gasteiger partial charge in [0.25, 0.3) is 0 Å². The summed E-state index contributed by atoms with van der Waals surface area (Å²) in [4.78, 5) is -0.273. The number of hydrogen-bond donors (Lipinski definition) is 1. The first-order chi connectivity index (χ1) is 7.98. The largest absolute Gasteiger partial charge is 0.371 e. The Balaban J connectivity index is 2.30. The Morgan fingerprint density at radius 1 is 1.47 bits per heavy atom. The van der Waals surface area contributed by atoms with Gasteiger partial charge in [-0.25, -0.2) is 12.8 Å². The van der Waals surface area contributed by atoms with Crippen molar-refractivity contribution in [3.63, 3.8) is 0 Å². The molecule has 0 radical (unpaired) electrons. The standard InChI is InChI=1S/C11H14FNO3S/c1-17(14,15)11-3-2-8(6-9(11)12)10-7-13-4-5-16-10/h2-3,6,10,13H,4-5,7H2,1H3. The van der Waals surface area contributed by atoms with E-state index in [1.165, 1.54) is 12.1 Å². The van der Waals surface area contributed by atoms with Crippen LogP contribution in [0.25, 0.3) is 0 Å². The van der Waals surface area contributed by atoms with E-state index in [0.29, 0.717) is 18.7 Å². The fourth-order valence-corrected chi connectivity index (χ4v) is 2.53. The van der Waals surface area contributed by atoms with Crippen molar-refractivity contribution < 1.29 is 17.5 Å². The van der Waals surface area contributed by atoms with Crippen LogP contribution < -0.4 is 5.32 Å². The molecule has 0 aliphatic carbocycles. The number of morpholine rings is 1. The predicted molar refractivity (Wildman–Crippen MR) is 61.1 cm³/mol. The maximum atomic E-state index is 13.6. The van der Waals surface area contributed by atoms with Crippen LogP contribution in [-0.4, -0.2) is 34.4 Å². The Morgan fingerprint density at radius 3 is 2.76 bits per heavy atom. The zero-order valence-corrected chi connectivity index (χ0v) is 10.3. The first-order valence-electron chi connectivity index (χ1n) is 5.30. The molecule has 1 atom stereocenters. The van der Waals surface area contributed by atoms with Crippen LogP contribution in [0.3, 0.4) is 0 Å². The third-order valence-corrected chi connectivity index (χ3v) is 3.78. The highest BCUT2D eigenvalue weighted by atomic mass is 32.2. The highest BCUT2D eigenvalue weighted by Gasteiger charge is 2.19. The molecule has 0 bridgehead atoms. The van der Waals surface area contributed by atoms with Gasteiger partial charge in [0.2, 0.25) is 0 Å².